The summed E-state index contributed by atoms with van der Waals surface area (Å²) in [5.74, 6) is 1.44. The second-order valence-electron chi connectivity index (χ2n) is 6.56. The Morgan fingerprint density at radius 3 is 2.32 bits per heavy atom. The average Bonchev–Trinajstić information content (AvgIpc) is 2.56. The highest BCUT2D eigenvalue weighted by Crippen LogP contribution is 2.20. The molecule has 2 aromatic rings. The van der Waals surface area contributed by atoms with Crippen molar-refractivity contribution in [1.29, 1.82) is 0 Å². The molecular formula is C21H27NO3. The largest absolute Gasteiger partial charge is 0.491 e. The third kappa shape index (κ3) is 5.82. The highest BCUT2D eigenvalue weighted by molar-refractivity contribution is 5.80. The monoisotopic (exact) mass is 341 g/mol. The van der Waals surface area contributed by atoms with Crippen molar-refractivity contribution in [3.8, 4) is 11.5 Å². The SMILES string of the molecule is Cc1ccc(C)c(O[C@@H](C)C(=O)NCc2ccc(OC(C)C)cc2)c1. The lowest BCUT2D eigenvalue weighted by atomic mass is 10.1. The third-order valence-electron chi connectivity index (χ3n) is 3.78. The van der Waals surface area contributed by atoms with E-state index in [0.29, 0.717) is 6.54 Å². The molecule has 134 valence electrons. The maximum atomic E-state index is 12.3. The van der Waals surface area contributed by atoms with E-state index in [2.05, 4.69) is 5.32 Å². The first kappa shape index (κ1) is 18.8. The lowest BCUT2D eigenvalue weighted by molar-refractivity contribution is -0.127. The molecule has 0 radical (unpaired) electrons. The van der Waals surface area contributed by atoms with Crippen LogP contribution in [0.25, 0.3) is 0 Å². The Labute approximate surface area is 150 Å². The molecule has 0 aliphatic carbocycles. The first-order valence-corrected chi connectivity index (χ1v) is 8.62. The summed E-state index contributed by atoms with van der Waals surface area (Å²) in [7, 11) is 0. The number of amides is 1. The summed E-state index contributed by atoms with van der Waals surface area (Å²) in [4.78, 5) is 12.3. The molecule has 25 heavy (non-hydrogen) atoms. The van der Waals surface area contributed by atoms with E-state index in [1.54, 1.807) is 6.92 Å². The Morgan fingerprint density at radius 2 is 1.68 bits per heavy atom. The molecular weight excluding hydrogens is 314 g/mol. The summed E-state index contributed by atoms with van der Waals surface area (Å²) in [6, 6.07) is 13.7. The lowest BCUT2D eigenvalue weighted by Gasteiger charge is -2.17. The predicted octanol–water partition coefficient (Wildman–Crippen LogP) is 4.17. The lowest BCUT2D eigenvalue weighted by Crippen LogP contribution is -2.36. The van der Waals surface area contributed by atoms with Crippen molar-refractivity contribution in [3.63, 3.8) is 0 Å². The Morgan fingerprint density at radius 1 is 1.00 bits per heavy atom. The molecule has 4 nitrogen and oxygen atoms in total. The van der Waals surface area contributed by atoms with Gasteiger partial charge in [-0.05, 0) is 69.5 Å². The maximum absolute atomic E-state index is 12.3. The minimum Gasteiger partial charge on any atom is -0.491 e. The van der Waals surface area contributed by atoms with E-state index in [1.165, 1.54) is 0 Å². The normalized spacial score (nSPS) is 11.9. The first-order valence-electron chi connectivity index (χ1n) is 8.62. The zero-order valence-electron chi connectivity index (χ0n) is 15.6. The number of hydrogen-bond donors (Lipinski definition) is 1. The number of aryl methyl sites for hydroxylation is 2. The zero-order chi connectivity index (χ0) is 18.4. The molecule has 2 aromatic carbocycles. The van der Waals surface area contributed by atoms with Crippen LogP contribution in [0.15, 0.2) is 42.5 Å². The average molecular weight is 341 g/mol. The fourth-order valence-corrected chi connectivity index (χ4v) is 2.37. The smallest absolute Gasteiger partial charge is 0.261 e. The van der Waals surface area contributed by atoms with Gasteiger partial charge in [0.1, 0.15) is 11.5 Å². The van der Waals surface area contributed by atoms with Crippen molar-refractivity contribution in [2.24, 2.45) is 0 Å². The summed E-state index contributed by atoms with van der Waals surface area (Å²) in [5, 5.41) is 2.91. The van der Waals surface area contributed by atoms with Crippen molar-refractivity contribution >= 4 is 5.91 Å². The molecule has 0 spiro atoms. The molecule has 0 aliphatic rings. The van der Waals surface area contributed by atoms with Crippen LogP contribution in [-0.4, -0.2) is 18.1 Å². The molecule has 0 saturated heterocycles. The van der Waals surface area contributed by atoms with Crippen LogP contribution in [0.1, 0.15) is 37.5 Å². The number of rotatable bonds is 7. The van der Waals surface area contributed by atoms with Crippen molar-refractivity contribution in [2.45, 2.75) is 53.4 Å². The summed E-state index contributed by atoms with van der Waals surface area (Å²) in [5.41, 5.74) is 3.14. The molecule has 1 N–H and O–H groups in total. The molecule has 0 bridgehead atoms. The molecule has 0 aliphatic heterocycles. The van der Waals surface area contributed by atoms with Crippen molar-refractivity contribution in [3.05, 3.63) is 59.2 Å². The fourth-order valence-electron chi connectivity index (χ4n) is 2.37. The van der Waals surface area contributed by atoms with E-state index in [1.807, 2.05) is 70.2 Å². The molecule has 0 saturated carbocycles. The number of carbonyl (C=O) groups excluding carboxylic acids is 1. The van der Waals surface area contributed by atoms with Gasteiger partial charge in [-0.3, -0.25) is 4.79 Å². The van der Waals surface area contributed by atoms with Crippen LogP contribution in [0.5, 0.6) is 11.5 Å². The van der Waals surface area contributed by atoms with E-state index in [4.69, 9.17) is 9.47 Å². The van der Waals surface area contributed by atoms with Crippen molar-refractivity contribution in [2.75, 3.05) is 0 Å². The van der Waals surface area contributed by atoms with Crippen LogP contribution in [0, 0.1) is 13.8 Å². The molecule has 0 fully saturated rings. The van der Waals surface area contributed by atoms with Gasteiger partial charge in [-0.15, -0.1) is 0 Å². The van der Waals surface area contributed by atoms with Gasteiger partial charge in [-0.2, -0.15) is 0 Å². The van der Waals surface area contributed by atoms with Gasteiger partial charge in [0.2, 0.25) is 0 Å². The second kappa shape index (κ2) is 8.56. The van der Waals surface area contributed by atoms with E-state index < -0.39 is 6.10 Å². The standard InChI is InChI=1S/C21H27NO3/c1-14(2)24-19-10-8-18(9-11-19)13-22-21(23)17(5)25-20-12-15(3)6-7-16(20)4/h6-12,14,17H,13H2,1-5H3,(H,22,23)/t17-/m0/s1. The number of benzene rings is 2. The van der Waals surface area contributed by atoms with Gasteiger partial charge in [0.05, 0.1) is 6.10 Å². The third-order valence-corrected chi connectivity index (χ3v) is 3.78. The van der Waals surface area contributed by atoms with Gasteiger partial charge in [-0.1, -0.05) is 24.3 Å². The topological polar surface area (TPSA) is 47.6 Å². The van der Waals surface area contributed by atoms with Gasteiger partial charge in [0.25, 0.3) is 5.91 Å². The number of hydrogen-bond acceptors (Lipinski definition) is 3. The second-order valence-corrected chi connectivity index (χ2v) is 6.56. The zero-order valence-corrected chi connectivity index (χ0v) is 15.6. The first-order chi connectivity index (χ1) is 11.8. The molecule has 1 amide bonds. The summed E-state index contributed by atoms with van der Waals surface area (Å²) in [6.45, 7) is 10.2. The van der Waals surface area contributed by atoms with Gasteiger partial charge in [0, 0.05) is 6.54 Å². The van der Waals surface area contributed by atoms with Crippen LogP contribution < -0.4 is 14.8 Å². The Hall–Kier alpha value is -2.49. The fraction of sp³-hybridized carbons (Fsp3) is 0.381. The van der Waals surface area contributed by atoms with Crippen molar-refractivity contribution < 1.29 is 14.3 Å². The van der Waals surface area contributed by atoms with Crippen LogP contribution >= 0.6 is 0 Å². The Balaban J connectivity index is 1.87. The van der Waals surface area contributed by atoms with Crippen LogP contribution in [-0.2, 0) is 11.3 Å². The van der Waals surface area contributed by atoms with E-state index in [9.17, 15) is 4.79 Å². The molecule has 0 aromatic heterocycles. The number of ether oxygens (including phenoxy) is 2. The maximum Gasteiger partial charge on any atom is 0.261 e. The van der Waals surface area contributed by atoms with Crippen LogP contribution in [0.3, 0.4) is 0 Å². The van der Waals surface area contributed by atoms with E-state index in [-0.39, 0.29) is 12.0 Å². The molecule has 0 unspecified atom stereocenters. The number of nitrogens with one attached hydrogen (secondary N) is 1. The van der Waals surface area contributed by atoms with E-state index in [0.717, 1.165) is 28.2 Å². The predicted molar refractivity (Wildman–Crippen MR) is 100 cm³/mol. The van der Waals surface area contributed by atoms with Crippen molar-refractivity contribution in [1.82, 2.24) is 5.32 Å². The Kier molecular flexibility index (Phi) is 6.45. The summed E-state index contributed by atoms with van der Waals surface area (Å²) in [6.07, 6.45) is -0.405. The molecule has 1 atom stereocenters. The van der Waals surface area contributed by atoms with Gasteiger partial charge in [0.15, 0.2) is 6.10 Å². The molecule has 4 heteroatoms. The molecule has 2 rings (SSSR count). The summed E-state index contributed by atoms with van der Waals surface area (Å²) < 4.78 is 11.4. The van der Waals surface area contributed by atoms with E-state index >= 15 is 0 Å². The number of carbonyl (C=O) groups is 1. The quantitative estimate of drug-likeness (QED) is 0.822. The van der Waals surface area contributed by atoms with Gasteiger partial charge >= 0.3 is 0 Å². The molecule has 0 heterocycles. The van der Waals surface area contributed by atoms with Crippen LogP contribution in [0.4, 0.5) is 0 Å². The van der Waals surface area contributed by atoms with Crippen LogP contribution in [0.2, 0.25) is 0 Å². The highest BCUT2D eigenvalue weighted by atomic mass is 16.5. The summed E-state index contributed by atoms with van der Waals surface area (Å²) >= 11 is 0. The van der Waals surface area contributed by atoms with Gasteiger partial charge < -0.3 is 14.8 Å². The minimum absolute atomic E-state index is 0.136. The highest BCUT2D eigenvalue weighted by Gasteiger charge is 2.15. The van der Waals surface area contributed by atoms with Gasteiger partial charge in [-0.25, -0.2) is 0 Å². The Bertz CT molecular complexity index is 708. The minimum atomic E-state index is -0.552.